The van der Waals surface area contributed by atoms with Crippen molar-refractivity contribution >= 4 is 33.7 Å². The number of nitrogens with two attached hydrogens (primary N) is 2. The average molecular weight is 450 g/mol. The van der Waals surface area contributed by atoms with E-state index in [-0.39, 0.29) is 11.4 Å². The van der Waals surface area contributed by atoms with Gasteiger partial charge >= 0.3 is 0 Å². The fourth-order valence-corrected chi connectivity index (χ4v) is 4.75. The average Bonchev–Trinajstić information content (AvgIpc) is 3.52. The Hall–Kier alpha value is -3.72. The number of anilines is 1. The molecule has 1 aliphatic heterocycles. The lowest BCUT2D eigenvalue weighted by Crippen LogP contribution is -2.16. The number of amides is 1. The highest BCUT2D eigenvalue weighted by Crippen LogP contribution is 2.41. The topological polar surface area (TPSA) is 131 Å². The molecule has 5 N–H and O–H groups in total. The number of nitrogens with one attached hydrogen (secondary N) is 1. The van der Waals surface area contributed by atoms with Gasteiger partial charge in [-0.1, -0.05) is 6.07 Å². The summed E-state index contributed by atoms with van der Waals surface area (Å²) in [5, 5.41) is 4.49. The number of fused-ring (bicyclic) bond motifs is 3. The molecule has 33 heavy (non-hydrogen) atoms. The summed E-state index contributed by atoms with van der Waals surface area (Å²) in [4.78, 5) is 17.4. The molecule has 0 saturated carbocycles. The van der Waals surface area contributed by atoms with Crippen LogP contribution in [0.5, 0.6) is 11.6 Å². The second-order valence-corrected chi connectivity index (χ2v) is 8.47. The molecule has 9 nitrogen and oxygen atoms in total. The molecule has 172 valence electrons. The standard InChI is InChI=1S/C24H27N5O4/c1-12-4-5-16(31-3)13(2)19(12)29-21(25)18(22(26)30)17-20-15(7-9-32-20)24(28-23(17)29)33-11-14-6-8-27-10-14/h4-5,7,9,14,27H,6,8,10-11,25H2,1-3H3,(H2,26,30)/t14-/m0/s1. The summed E-state index contributed by atoms with van der Waals surface area (Å²) < 4.78 is 19.3. The van der Waals surface area contributed by atoms with Crippen molar-refractivity contribution in [2.75, 3.05) is 32.5 Å². The quantitative estimate of drug-likeness (QED) is 0.412. The van der Waals surface area contributed by atoms with Crippen molar-refractivity contribution in [1.82, 2.24) is 14.9 Å². The molecule has 3 aromatic heterocycles. The molecule has 1 aromatic carbocycles. The summed E-state index contributed by atoms with van der Waals surface area (Å²) in [5.74, 6) is 1.08. The molecule has 1 saturated heterocycles. The van der Waals surface area contributed by atoms with Crippen LogP contribution in [0.4, 0.5) is 5.82 Å². The van der Waals surface area contributed by atoms with Gasteiger partial charge in [0.1, 0.15) is 11.6 Å². The first kappa shape index (κ1) is 21.1. The van der Waals surface area contributed by atoms with Gasteiger partial charge in [0.2, 0.25) is 5.88 Å². The maximum absolute atomic E-state index is 12.5. The van der Waals surface area contributed by atoms with Crippen LogP contribution in [0.2, 0.25) is 0 Å². The number of primary amides is 1. The van der Waals surface area contributed by atoms with Gasteiger partial charge in [0.15, 0.2) is 11.2 Å². The van der Waals surface area contributed by atoms with E-state index < -0.39 is 5.91 Å². The third-order valence-corrected chi connectivity index (χ3v) is 6.40. The Morgan fingerprint density at radius 3 is 2.85 bits per heavy atom. The minimum absolute atomic E-state index is 0.172. The van der Waals surface area contributed by atoms with Crippen LogP contribution in [0, 0.1) is 19.8 Å². The number of aryl methyl sites for hydroxylation is 1. The van der Waals surface area contributed by atoms with Gasteiger partial charge in [-0.3, -0.25) is 9.36 Å². The molecule has 0 spiro atoms. The molecule has 0 bridgehead atoms. The Balaban J connectivity index is 1.81. The maximum Gasteiger partial charge on any atom is 0.253 e. The minimum Gasteiger partial charge on any atom is -0.496 e. The van der Waals surface area contributed by atoms with Crippen LogP contribution in [0.25, 0.3) is 27.7 Å². The Morgan fingerprint density at radius 2 is 2.15 bits per heavy atom. The molecule has 4 heterocycles. The van der Waals surface area contributed by atoms with Gasteiger partial charge in [-0.25, -0.2) is 0 Å². The first-order chi connectivity index (χ1) is 15.9. The lowest BCUT2D eigenvalue weighted by Gasteiger charge is -2.17. The van der Waals surface area contributed by atoms with Gasteiger partial charge in [0.05, 0.1) is 42.0 Å². The molecule has 4 aromatic rings. The minimum atomic E-state index is -0.653. The summed E-state index contributed by atoms with van der Waals surface area (Å²) in [5.41, 5.74) is 16.0. The highest BCUT2D eigenvalue weighted by Gasteiger charge is 2.28. The number of nitrogen functional groups attached to an aromatic ring is 1. The van der Waals surface area contributed by atoms with E-state index in [2.05, 4.69) is 5.32 Å². The van der Waals surface area contributed by atoms with Crippen molar-refractivity contribution in [3.05, 3.63) is 41.2 Å². The smallest absolute Gasteiger partial charge is 0.253 e. The molecule has 1 fully saturated rings. The maximum atomic E-state index is 12.5. The third-order valence-electron chi connectivity index (χ3n) is 6.40. The van der Waals surface area contributed by atoms with Crippen molar-refractivity contribution < 1.29 is 18.7 Å². The van der Waals surface area contributed by atoms with E-state index in [0.717, 1.165) is 36.3 Å². The predicted octanol–water partition coefficient (Wildman–Crippen LogP) is 3.07. The summed E-state index contributed by atoms with van der Waals surface area (Å²) in [6, 6.07) is 5.62. The number of methoxy groups -OCH3 is 1. The van der Waals surface area contributed by atoms with Gasteiger partial charge in [-0.05, 0) is 44.5 Å². The lowest BCUT2D eigenvalue weighted by atomic mass is 10.1. The van der Waals surface area contributed by atoms with E-state index >= 15 is 0 Å². The van der Waals surface area contributed by atoms with Crippen molar-refractivity contribution in [2.24, 2.45) is 11.7 Å². The number of furan rings is 1. The largest absolute Gasteiger partial charge is 0.496 e. The molecule has 9 heteroatoms. The number of ether oxygens (including phenoxy) is 2. The number of carbonyl (C=O) groups excluding carboxylic acids is 1. The Bertz CT molecular complexity index is 1380. The van der Waals surface area contributed by atoms with E-state index in [1.54, 1.807) is 24.0 Å². The van der Waals surface area contributed by atoms with E-state index in [1.165, 1.54) is 0 Å². The fourth-order valence-electron chi connectivity index (χ4n) is 4.75. The number of rotatable bonds is 6. The molecule has 1 aliphatic rings. The van der Waals surface area contributed by atoms with Crippen molar-refractivity contribution in [1.29, 1.82) is 0 Å². The van der Waals surface area contributed by atoms with Crippen molar-refractivity contribution in [2.45, 2.75) is 20.3 Å². The zero-order valence-electron chi connectivity index (χ0n) is 18.9. The van der Waals surface area contributed by atoms with E-state index in [4.69, 9.17) is 30.3 Å². The number of benzene rings is 1. The van der Waals surface area contributed by atoms with Crippen LogP contribution in [0.15, 0.2) is 28.9 Å². The van der Waals surface area contributed by atoms with E-state index in [9.17, 15) is 4.79 Å². The monoisotopic (exact) mass is 449 g/mol. The Morgan fingerprint density at radius 1 is 1.33 bits per heavy atom. The molecular formula is C24H27N5O4. The predicted molar refractivity (Wildman–Crippen MR) is 126 cm³/mol. The molecule has 1 atom stereocenters. The van der Waals surface area contributed by atoms with Crippen LogP contribution in [-0.2, 0) is 0 Å². The number of hydrogen-bond donors (Lipinski definition) is 3. The van der Waals surface area contributed by atoms with Gasteiger partial charge in [0, 0.05) is 18.0 Å². The second kappa shape index (κ2) is 8.00. The number of hydrogen-bond acceptors (Lipinski definition) is 7. The molecule has 5 rings (SSSR count). The SMILES string of the molecule is COc1ccc(C)c(-n2c(N)c(C(N)=O)c3c4occc4c(OC[C@H]4CCNC4)nc32)c1C. The molecule has 0 radical (unpaired) electrons. The fraction of sp³-hybridized carbons (Fsp3) is 0.333. The zero-order valence-corrected chi connectivity index (χ0v) is 18.9. The summed E-state index contributed by atoms with van der Waals surface area (Å²) >= 11 is 0. The Labute approximate surface area is 190 Å². The van der Waals surface area contributed by atoms with Crippen molar-refractivity contribution in [3.8, 4) is 17.3 Å². The summed E-state index contributed by atoms with van der Waals surface area (Å²) in [7, 11) is 1.61. The zero-order chi connectivity index (χ0) is 23.3. The van der Waals surface area contributed by atoms with E-state index in [1.807, 2.05) is 26.0 Å². The molecule has 0 unspecified atom stereocenters. The van der Waals surface area contributed by atoms with Gasteiger partial charge < -0.3 is 30.7 Å². The number of carbonyl (C=O) groups is 1. The van der Waals surface area contributed by atoms with Gasteiger partial charge in [-0.2, -0.15) is 4.98 Å². The number of nitrogens with zero attached hydrogens (tertiary/aromatic N) is 2. The molecule has 1 amide bonds. The summed E-state index contributed by atoms with van der Waals surface area (Å²) in [6.45, 7) is 6.33. The second-order valence-electron chi connectivity index (χ2n) is 8.47. The van der Waals surface area contributed by atoms with Crippen LogP contribution < -0.4 is 26.3 Å². The van der Waals surface area contributed by atoms with Gasteiger partial charge in [0.25, 0.3) is 5.91 Å². The first-order valence-electron chi connectivity index (χ1n) is 10.9. The number of pyridine rings is 1. The Kier molecular flexibility index (Phi) is 5.13. The first-order valence-corrected chi connectivity index (χ1v) is 10.9. The van der Waals surface area contributed by atoms with Crippen LogP contribution in [-0.4, -0.2) is 42.3 Å². The van der Waals surface area contributed by atoms with Crippen LogP contribution in [0.1, 0.15) is 27.9 Å². The summed E-state index contributed by atoms with van der Waals surface area (Å²) in [6.07, 6.45) is 2.60. The number of aromatic nitrogens is 2. The van der Waals surface area contributed by atoms with Crippen molar-refractivity contribution in [3.63, 3.8) is 0 Å². The third kappa shape index (κ3) is 3.27. The normalized spacial score (nSPS) is 16.0. The highest BCUT2D eigenvalue weighted by molar-refractivity contribution is 6.19. The van der Waals surface area contributed by atoms with E-state index in [0.29, 0.717) is 46.2 Å². The highest BCUT2D eigenvalue weighted by atomic mass is 16.5. The van der Waals surface area contributed by atoms with Crippen LogP contribution >= 0.6 is 0 Å². The van der Waals surface area contributed by atoms with Gasteiger partial charge in [-0.15, -0.1) is 0 Å². The molecular weight excluding hydrogens is 422 g/mol. The lowest BCUT2D eigenvalue weighted by molar-refractivity contribution is 0.100. The molecule has 0 aliphatic carbocycles. The van der Waals surface area contributed by atoms with Crippen LogP contribution in [0.3, 0.4) is 0 Å².